The summed E-state index contributed by atoms with van der Waals surface area (Å²) in [6.45, 7) is 0. The predicted molar refractivity (Wildman–Crippen MR) is 85.8 cm³/mol. The van der Waals surface area contributed by atoms with Crippen LogP contribution >= 0.6 is 24.4 Å². The fraction of sp³-hybridized carbons (Fsp3) is 0. The van der Waals surface area contributed by atoms with E-state index in [-0.39, 0.29) is 19.5 Å². The van der Waals surface area contributed by atoms with Crippen LogP contribution in [0.3, 0.4) is 0 Å². The minimum Gasteiger partial charge on any atom is -0.778 e. The van der Waals surface area contributed by atoms with Crippen LogP contribution in [0, 0.1) is 9.02 Å². The molecule has 0 atom stereocenters. The van der Waals surface area contributed by atoms with E-state index in [1.165, 1.54) is 0 Å². The summed E-state index contributed by atoms with van der Waals surface area (Å²) in [6, 6.07) is 18.7. The van der Waals surface area contributed by atoms with Crippen LogP contribution in [-0.4, -0.2) is 0 Å². The van der Waals surface area contributed by atoms with Crippen molar-refractivity contribution in [1.29, 1.82) is 0 Å². The zero-order chi connectivity index (χ0) is 13.4. The van der Waals surface area contributed by atoms with Gasteiger partial charge in [0.15, 0.2) is 0 Å². The van der Waals surface area contributed by atoms with Crippen molar-refractivity contribution in [3.63, 3.8) is 0 Å². The van der Waals surface area contributed by atoms with Gasteiger partial charge in [0.05, 0.1) is 0 Å². The molecule has 0 nitrogen and oxygen atoms in total. The van der Waals surface area contributed by atoms with Gasteiger partial charge >= 0.3 is 19.5 Å². The van der Waals surface area contributed by atoms with E-state index in [9.17, 15) is 0 Å². The molecular weight excluding hydrogens is 362 g/mol. The maximum absolute atomic E-state index is 4.92. The smallest absolute Gasteiger partial charge is 0.778 e. The number of rotatable bonds is 0. The number of hydrogen-bond acceptors (Lipinski definition) is 4. The summed E-state index contributed by atoms with van der Waals surface area (Å²) in [4.78, 5) is 1.49. The third kappa shape index (κ3) is 7.75. The second kappa shape index (κ2) is 10.5. The van der Waals surface area contributed by atoms with Gasteiger partial charge in [-0.2, -0.15) is 9.79 Å². The molecule has 92 valence electrons. The van der Waals surface area contributed by atoms with Crippen LogP contribution in [0.15, 0.2) is 70.5 Å². The van der Waals surface area contributed by atoms with Crippen molar-refractivity contribution < 1.29 is 19.5 Å². The van der Waals surface area contributed by atoms with Gasteiger partial charge in [-0.3, -0.25) is 0 Å². The van der Waals surface area contributed by atoms with E-state index in [4.69, 9.17) is 49.7 Å². The van der Waals surface area contributed by atoms with Gasteiger partial charge < -0.3 is 25.3 Å². The zero-order valence-corrected chi connectivity index (χ0v) is 16.3. The molecule has 0 N–H and O–H groups in total. The van der Waals surface area contributed by atoms with Gasteiger partial charge in [-0.15, -0.1) is 0 Å². The molecule has 0 aliphatic heterocycles. The van der Waals surface area contributed by atoms with Crippen molar-refractivity contribution in [2.75, 3.05) is 0 Å². The fourth-order valence-electron chi connectivity index (χ4n) is 1.03. The minimum absolute atomic E-state index is 0. The Labute approximate surface area is 147 Å². The summed E-state index contributed by atoms with van der Waals surface area (Å²) in [7, 11) is 0. The summed E-state index contributed by atoms with van der Waals surface area (Å²) >= 11 is 19.7. The van der Waals surface area contributed by atoms with E-state index in [0.717, 1.165) is 18.8 Å². The van der Waals surface area contributed by atoms with Crippen molar-refractivity contribution in [3.05, 3.63) is 69.7 Å². The van der Waals surface area contributed by atoms with Crippen LogP contribution < -0.4 is 0 Å². The molecule has 2 aromatic carbocycles. The Bertz CT molecular complexity index is 572. The van der Waals surface area contributed by atoms with Crippen LogP contribution in [0.4, 0.5) is 0 Å². The van der Waals surface area contributed by atoms with Gasteiger partial charge in [0.1, 0.15) is 0 Å². The third-order valence-corrected chi connectivity index (χ3v) is 3.60. The quantitative estimate of drug-likeness (QED) is 0.375. The van der Waals surface area contributed by atoms with Crippen LogP contribution in [0.5, 0.6) is 0 Å². The van der Waals surface area contributed by atoms with Gasteiger partial charge in [0, 0.05) is 9.02 Å². The Morgan fingerprint density at radius 2 is 0.895 bits per heavy atom. The summed E-state index contributed by atoms with van der Waals surface area (Å²) < 4.78 is 1.49. The SMILES string of the molecule is S=c1cccccc1[S-].S=c1cccccc1[S-].[Zn+2]. The Balaban J connectivity index is 0.000000324. The molecule has 0 aliphatic carbocycles. The second-order valence-corrected chi connectivity index (χ2v) is 5.04. The summed E-state index contributed by atoms with van der Waals surface area (Å²) in [6.07, 6.45) is 0. The zero-order valence-electron chi connectivity index (χ0n) is 10.1. The second-order valence-electron chi connectivity index (χ2n) is 3.28. The van der Waals surface area contributed by atoms with Crippen molar-refractivity contribution in [2.45, 2.75) is 9.79 Å². The summed E-state index contributed by atoms with van der Waals surface area (Å²) in [5, 5.41) is 0. The monoisotopic (exact) mass is 370 g/mol. The molecule has 19 heavy (non-hydrogen) atoms. The molecule has 0 heterocycles. The van der Waals surface area contributed by atoms with Gasteiger partial charge in [-0.25, -0.2) is 0 Å². The van der Waals surface area contributed by atoms with Crippen LogP contribution in [0.25, 0.3) is 0 Å². The molecule has 2 rings (SSSR count). The van der Waals surface area contributed by atoms with E-state index in [1.807, 2.05) is 60.7 Å². The minimum atomic E-state index is 0. The molecular formula is C14H10S4Zn. The van der Waals surface area contributed by atoms with Crippen molar-refractivity contribution in [1.82, 2.24) is 0 Å². The predicted octanol–water partition coefficient (Wildman–Crippen LogP) is 4.64. The van der Waals surface area contributed by atoms with Gasteiger partial charge in [-0.1, -0.05) is 73.0 Å². The van der Waals surface area contributed by atoms with E-state index in [1.54, 1.807) is 0 Å². The molecule has 0 saturated heterocycles. The van der Waals surface area contributed by atoms with E-state index in [2.05, 4.69) is 0 Å². The molecule has 0 unspecified atom stereocenters. The van der Waals surface area contributed by atoms with Crippen molar-refractivity contribution in [2.24, 2.45) is 0 Å². The Kier molecular flexibility index (Phi) is 10.3. The number of hydrogen-bond donors (Lipinski definition) is 0. The first-order valence-corrected chi connectivity index (χ1v) is 6.77. The van der Waals surface area contributed by atoms with Gasteiger partial charge in [0.25, 0.3) is 0 Å². The average Bonchev–Trinajstić information content (AvgIpc) is 2.65. The maximum Gasteiger partial charge on any atom is 2.00 e. The Morgan fingerprint density at radius 3 is 1.26 bits per heavy atom. The largest absolute Gasteiger partial charge is 2.00 e. The fourth-order valence-corrected chi connectivity index (χ4v) is 1.62. The Hall–Kier alpha value is -0.317. The topological polar surface area (TPSA) is 0 Å². The first-order valence-electron chi connectivity index (χ1n) is 5.14. The molecule has 2 aromatic rings. The molecule has 0 bridgehead atoms. The summed E-state index contributed by atoms with van der Waals surface area (Å²) in [5.41, 5.74) is 0. The molecule has 0 amide bonds. The first kappa shape index (κ1) is 18.7. The molecule has 0 saturated carbocycles. The van der Waals surface area contributed by atoms with E-state index >= 15 is 0 Å². The normalized spacial score (nSPS) is 8.42. The van der Waals surface area contributed by atoms with Gasteiger partial charge in [0.2, 0.25) is 0 Å². The first-order chi connectivity index (χ1) is 8.61. The maximum atomic E-state index is 4.92. The van der Waals surface area contributed by atoms with Crippen molar-refractivity contribution in [3.8, 4) is 0 Å². The van der Waals surface area contributed by atoms with Crippen LogP contribution in [-0.2, 0) is 44.7 Å². The van der Waals surface area contributed by atoms with Crippen LogP contribution in [0.2, 0.25) is 0 Å². The summed E-state index contributed by atoms with van der Waals surface area (Å²) in [5.74, 6) is 0. The molecule has 0 aromatic heterocycles. The molecule has 0 radical (unpaired) electrons. The molecule has 0 aliphatic rings. The van der Waals surface area contributed by atoms with Crippen LogP contribution in [0.1, 0.15) is 0 Å². The molecule has 0 spiro atoms. The van der Waals surface area contributed by atoms with Crippen molar-refractivity contribution >= 4 is 49.7 Å². The molecule has 5 heteroatoms. The van der Waals surface area contributed by atoms with E-state index < -0.39 is 0 Å². The van der Waals surface area contributed by atoms with E-state index in [0.29, 0.717) is 0 Å². The Morgan fingerprint density at radius 1 is 0.579 bits per heavy atom. The third-order valence-electron chi connectivity index (χ3n) is 1.92. The average molecular weight is 372 g/mol. The molecule has 0 fully saturated rings. The standard InChI is InChI=1S/2C7H6S2.Zn/c2*8-6-4-2-1-3-5-7(6)9;/h2*1-5H,(H,8,9);/q;;+2/p-2. The van der Waals surface area contributed by atoms with Gasteiger partial charge in [-0.05, 0) is 12.1 Å².